The summed E-state index contributed by atoms with van der Waals surface area (Å²) in [7, 11) is 1.45. The molecule has 0 aliphatic carbocycles. The minimum Gasteiger partial charge on any atom is -0.461 e. The first-order chi connectivity index (χ1) is 18.5. The quantitative estimate of drug-likeness (QED) is 0.156. The molecule has 2 saturated heterocycles. The number of nitrogens with zero attached hydrogens (tertiary/aromatic N) is 5. The number of anilines is 1. The molecule has 39 heavy (non-hydrogen) atoms. The third kappa shape index (κ3) is 5.84. The van der Waals surface area contributed by atoms with Crippen LogP contribution in [0, 0.1) is 18.4 Å². The van der Waals surface area contributed by atoms with Crippen LogP contribution in [0.1, 0.15) is 32.4 Å². The van der Waals surface area contributed by atoms with Gasteiger partial charge in [-0.25, -0.2) is 14.6 Å². The van der Waals surface area contributed by atoms with E-state index >= 15 is 0 Å². The van der Waals surface area contributed by atoms with Crippen LogP contribution in [0.2, 0.25) is 0 Å². The zero-order chi connectivity index (χ0) is 28.3. The van der Waals surface area contributed by atoms with Gasteiger partial charge in [-0.05, 0) is 13.3 Å². The topological polar surface area (TPSA) is 190 Å². The highest BCUT2D eigenvalue weighted by Gasteiger charge is 2.49. The molecular weight excluding hydrogens is 523 g/mol. The molecule has 0 saturated carbocycles. The summed E-state index contributed by atoms with van der Waals surface area (Å²) < 4.78 is 40.6. The number of halogens is 1. The van der Waals surface area contributed by atoms with E-state index < -0.39 is 54.9 Å². The number of nitrogens with two attached hydrogens (primary N) is 1. The van der Waals surface area contributed by atoms with Crippen LogP contribution < -0.4 is 5.73 Å². The van der Waals surface area contributed by atoms with E-state index in [4.69, 9.17) is 35.8 Å². The molecule has 0 bridgehead atoms. The molecule has 2 fully saturated rings. The van der Waals surface area contributed by atoms with Crippen LogP contribution in [0.5, 0.6) is 0 Å². The van der Waals surface area contributed by atoms with E-state index in [0.717, 1.165) is 6.26 Å². The Morgan fingerprint density at radius 2 is 2.23 bits per heavy atom. The predicted octanol–water partition coefficient (Wildman–Crippen LogP) is 0.988. The van der Waals surface area contributed by atoms with E-state index in [1.165, 1.54) is 22.8 Å². The number of imidazole rings is 1. The zero-order valence-corrected chi connectivity index (χ0v) is 20.9. The molecule has 3 N–H and O–H groups in total. The standard InChI is InChI=1S/C23H25FN6O9/c1-4-23(14(31)8-15(39-23)30-11-26-17-18(25)27-20(24)28-19(17)30)10-36-16(32)6-5-7-29(3)21(33)35-9-13-12(2)37-22(34)38-13/h1,9,11-12,14-15,31H,5-8,10H2,2-3H3,(H2,25,27,28)/t12?,14-,15+,23+/m0/s1. The number of cyclic esters (lactones) is 2. The van der Waals surface area contributed by atoms with Gasteiger partial charge in [0.2, 0.25) is 0 Å². The second-order valence-electron chi connectivity index (χ2n) is 8.76. The Balaban J connectivity index is 1.26. The highest BCUT2D eigenvalue weighted by molar-refractivity contribution is 5.81. The number of fused-ring (bicyclic) bond motifs is 1. The monoisotopic (exact) mass is 548 g/mol. The summed E-state index contributed by atoms with van der Waals surface area (Å²) in [5.41, 5.74) is 4.21. The Bertz CT molecular complexity index is 1360. The Labute approximate surface area is 220 Å². The summed E-state index contributed by atoms with van der Waals surface area (Å²) in [6.07, 6.45) is 2.53. The van der Waals surface area contributed by atoms with Gasteiger partial charge in [-0.3, -0.25) is 9.36 Å². The fourth-order valence-electron chi connectivity index (χ4n) is 3.88. The van der Waals surface area contributed by atoms with Gasteiger partial charge in [0.1, 0.15) is 25.2 Å². The molecule has 1 amide bonds. The molecule has 208 valence electrons. The Kier molecular flexibility index (Phi) is 7.83. The van der Waals surface area contributed by atoms with Gasteiger partial charge in [0.15, 0.2) is 34.4 Å². The largest absolute Gasteiger partial charge is 0.514 e. The van der Waals surface area contributed by atoms with Crippen molar-refractivity contribution < 1.29 is 47.6 Å². The number of aliphatic hydroxyl groups excluding tert-OH is 1. The second-order valence-corrected chi connectivity index (χ2v) is 8.76. The molecule has 4 rings (SSSR count). The number of carbonyl (C=O) groups excluding carboxylic acids is 3. The number of hydrogen-bond donors (Lipinski definition) is 2. The average Bonchev–Trinajstić information content (AvgIpc) is 3.55. The van der Waals surface area contributed by atoms with Gasteiger partial charge < -0.3 is 39.4 Å². The van der Waals surface area contributed by atoms with Gasteiger partial charge >= 0.3 is 24.3 Å². The molecule has 1 unspecified atom stereocenters. The zero-order valence-electron chi connectivity index (χ0n) is 20.9. The van der Waals surface area contributed by atoms with Gasteiger partial charge in [-0.2, -0.15) is 14.4 Å². The molecule has 0 aromatic carbocycles. The lowest BCUT2D eigenvalue weighted by Gasteiger charge is -2.26. The van der Waals surface area contributed by atoms with Crippen molar-refractivity contribution >= 4 is 35.2 Å². The van der Waals surface area contributed by atoms with Gasteiger partial charge in [0.05, 0.1) is 6.33 Å². The number of aliphatic hydroxyl groups is 1. The van der Waals surface area contributed by atoms with Gasteiger partial charge in [0, 0.05) is 26.4 Å². The molecule has 0 radical (unpaired) electrons. The average molecular weight is 548 g/mol. The van der Waals surface area contributed by atoms with Crippen molar-refractivity contribution in [2.75, 3.05) is 25.9 Å². The minimum absolute atomic E-state index is 0.0219. The molecule has 0 spiro atoms. The van der Waals surface area contributed by atoms with Crippen molar-refractivity contribution in [1.29, 1.82) is 0 Å². The number of hydrogen-bond acceptors (Lipinski definition) is 13. The Hall–Kier alpha value is -4.49. The SMILES string of the molecule is C#C[C@]1(COC(=O)CCCN(C)C(=O)OC=C2OC(=O)OC2C)O[C@@H](n2cnc3c(N)nc(F)nc32)C[C@@H]1O. The van der Waals surface area contributed by atoms with Crippen LogP contribution in [0.3, 0.4) is 0 Å². The lowest BCUT2D eigenvalue weighted by molar-refractivity contribution is -0.156. The summed E-state index contributed by atoms with van der Waals surface area (Å²) in [6, 6.07) is 0. The first-order valence-electron chi connectivity index (χ1n) is 11.7. The summed E-state index contributed by atoms with van der Waals surface area (Å²) >= 11 is 0. The number of rotatable bonds is 8. The van der Waals surface area contributed by atoms with E-state index in [9.17, 15) is 23.9 Å². The molecule has 4 atom stereocenters. The van der Waals surface area contributed by atoms with Gasteiger partial charge in [-0.15, -0.1) is 6.42 Å². The lowest BCUT2D eigenvalue weighted by atomic mass is 9.99. The maximum Gasteiger partial charge on any atom is 0.514 e. The highest BCUT2D eigenvalue weighted by atomic mass is 19.1. The van der Waals surface area contributed by atoms with Crippen LogP contribution in [0.4, 0.5) is 19.8 Å². The number of carbonyl (C=O) groups is 3. The van der Waals surface area contributed by atoms with E-state index in [0.29, 0.717) is 0 Å². The van der Waals surface area contributed by atoms with Crippen molar-refractivity contribution in [1.82, 2.24) is 24.4 Å². The smallest absolute Gasteiger partial charge is 0.461 e. The molecule has 2 aromatic rings. The maximum atomic E-state index is 13.7. The van der Waals surface area contributed by atoms with Crippen molar-refractivity contribution in [3.05, 3.63) is 24.4 Å². The van der Waals surface area contributed by atoms with Crippen LogP contribution in [-0.2, 0) is 28.5 Å². The van der Waals surface area contributed by atoms with Crippen LogP contribution in [0.15, 0.2) is 18.3 Å². The third-order valence-corrected chi connectivity index (χ3v) is 6.07. The number of terminal acetylenes is 1. The molecular formula is C23H25FN6O9. The van der Waals surface area contributed by atoms with E-state index in [2.05, 4.69) is 20.9 Å². The van der Waals surface area contributed by atoms with E-state index in [1.54, 1.807) is 6.92 Å². The molecule has 2 aliphatic heterocycles. The highest BCUT2D eigenvalue weighted by Crippen LogP contribution is 2.38. The molecule has 2 aromatic heterocycles. The predicted molar refractivity (Wildman–Crippen MR) is 126 cm³/mol. The summed E-state index contributed by atoms with van der Waals surface area (Å²) in [5, 5.41) is 10.7. The first kappa shape index (κ1) is 27.5. The number of aromatic nitrogens is 4. The Morgan fingerprint density at radius 1 is 1.46 bits per heavy atom. The van der Waals surface area contributed by atoms with Crippen molar-refractivity contribution in [3.63, 3.8) is 0 Å². The second kappa shape index (κ2) is 11.1. The van der Waals surface area contributed by atoms with Gasteiger partial charge in [0.25, 0.3) is 0 Å². The fraction of sp³-hybridized carbons (Fsp3) is 0.478. The van der Waals surface area contributed by atoms with Crippen molar-refractivity contribution in [3.8, 4) is 12.3 Å². The van der Waals surface area contributed by atoms with Crippen LogP contribution >= 0.6 is 0 Å². The number of ether oxygens (including phenoxy) is 5. The first-order valence-corrected chi connectivity index (χ1v) is 11.7. The third-order valence-electron chi connectivity index (χ3n) is 6.07. The Morgan fingerprint density at radius 3 is 2.92 bits per heavy atom. The number of esters is 1. The van der Waals surface area contributed by atoms with Gasteiger partial charge in [-0.1, -0.05) is 5.92 Å². The minimum atomic E-state index is -1.67. The molecule has 15 nitrogen and oxygen atoms in total. The molecule has 16 heteroatoms. The van der Waals surface area contributed by atoms with Crippen molar-refractivity contribution in [2.24, 2.45) is 0 Å². The molecule has 4 heterocycles. The van der Waals surface area contributed by atoms with E-state index in [1.807, 2.05) is 0 Å². The lowest BCUT2D eigenvalue weighted by Crippen LogP contribution is -2.43. The summed E-state index contributed by atoms with van der Waals surface area (Å²) in [6.45, 7) is 1.23. The maximum absolute atomic E-state index is 13.7. The van der Waals surface area contributed by atoms with Crippen molar-refractivity contribution in [2.45, 2.75) is 50.2 Å². The number of nitrogen functional groups attached to an aromatic ring is 1. The summed E-state index contributed by atoms with van der Waals surface area (Å²) in [5.74, 6) is 1.59. The fourth-order valence-corrected chi connectivity index (χ4v) is 3.88. The van der Waals surface area contributed by atoms with Crippen LogP contribution in [0.25, 0.3) is 11.2 Å². The van der Waals surface area contributed by atoms with E-state index in [-0.39, 0.29) is 48.5 Å². The summed E-state index contributed by atoms with van der Waals surface area (Å²) in [4.78, 5) is 47.8. The van der Waals surface area contributed by atoms with Crippen LogP contribution in [-0.4, -0.2) is 85.8 Å². The molecule has 2 aliphatic rings. The normalized spacial score (nSPS) is 25.3. The number of amides is 1.